The van der Waals surface area contributed by atoms with Crippen LogP contribution in [0.3, 0.4) is 0 Å². The zero-order valence-corrected chi connectivity index (χ0v) is 18.6. The van der Waals surface area contributed by atoms with Gasteiger partial charge in [-0.05, 0) is 63.1 Å². The van der Waals surface area contributed by atoms with Gasteiger partial charge < -0.3 is 15.0 Å². The average Bonchev–Trinajstić information content (AvgIpc) is 2.83. The normalized spacial score (nSPS) is 18.4. The van der Waals surface area contributed by atoms with Crippen LogP contribution in [0.15, 0.2) is 48.5 Å². The van der Waals surface area contributed by atoms with Crippen LogP contribution in [0.2, 0.25) is 0 Å². The van der Waals surface area contributed by atoms with Gasteiger partial charge in [-0.2, -0.15) is 0 Å². The van der Waals surface area contributed by atoms with Crippen LogP contribution in [0.1, 0.15) is 46.2 Å². The first-order valence-electron chi connectivity index (χ1n) is 11.2. The van der Waals surface area contributed by atoms with Crippen molar-refractivity contribution >= 4 is 34.2 Å². The van der Waals surface area contributed by atoms with Gasteiger partial charge in [-0.15, -0.1) is 0 Å². The Labute approximate surface area is 191 Å². The van der Waals surface area contributed by atoms with E-state index in [9.17, 15) is 14.4 Å². The van der Waals surface area contributed by atoms with Crippen LogP contribution < -0.4 is 10.1 Å². The maximum Gasteiger partial charge on any atom is 0.272 e. The number of anilines is 1. The summed E-state index contributed by atoms with van der Waals surface area (Å²) in [5.41, 5.74) is 3.45. The van der Waals surface area contributed by atoms with Gasteiger partial charge in [0.1, 0.15) is 11.4 Å². The van der Waals surface area contributed by atoms with E-state index in [0.717, 1.165) is 16.5 Å². The maximum absolute atomic E-state index is 13.1. The molecule has 0 spiro atoms. The van der Waals surface area contributed by atoms with E-state index >= 15 is 0 Å². The molecule has 0 bridgehead atoms. The van der Waals surface area contributed by atoms with E-state index in [4.69, 9.17) is 4.74 Å². The number of hydrogen-bond acceptors (Lipinski definition) is 5. The Balaban J connectivity index is 1.25. The number of aryl methyl sites for hydroxylation is 1. The zero-order chi connectivity index (χ0) is 23.1. The van der Waals surface area contributed by atoms with Gasteiger partial charge in [-0.3, -0.25) is 14.4 Å². The Bertz CT molecular complexity index is 1280. The van der Waals surface area contributed by atoms with Crippen LogP contribution in [0.4, 0.5) is 5.69 Å². The summed E-state index contributed by atoms with van der Waals surface area (Å²) in [6, 6.07) is 14.8. The molecule has 2 aliphatic heterocycles. The summed E-state index contributed by atoms with van der Waals surface area (Å²) in [4.78, 5) is 44.3. The predicted molar refractivity (Wildman–Crippen MR) is 125 cm³/mol. The number of carbonyl (C=O) groups excluding carboxylic acids is 3. The number of nitrogens with one attached hydrogen (secondary N) is 1. The number of ether oxygens (including phenoxy) is 1. The molecule has 2 aliphatic rings. The summed E-state index contributed by atoms with van der Waals surface area (Å²) < 4.78 is 5.57. The fourth-order valence-corrected chi connectivity index (χ4v) is 4.47. The number of Topliss-reactive ketones (excluding diaryl/α,β-unsaturated/α-hetero) is 1. The molecule has 3 heterocycles. The molecule has 7 heteroatoms. The number of rotatable bonds is 3. The number of carbonyl (C=O) groups is 3. The third-order valence-corrected chi connectivity index (χ3v) is 6.41. The Kier molecular flexibility index (Phi) is 5.32. The topological polar surface area (TPSA) is 88.6 Å². The van der Waals surface area contributed by atoms with Crippen molar-refractivity contribution in [1.29, 1.82) is 0 Å². The van der Waals surface area contributed by atoms with Crippen LogP contribution >= 0.6 is 0 Å². The van der Waals surface area contributed by atoms with Gasteiger partial charge in [0.05, 0.1) is 11.2 Å². The minimum absolute atomic E-state index is 0.0250. The number of aromatic nitrogens is 1. The third kappa shape index (κ3) is 4.06. The molecular formula is C26H25N3O4. The van der Waals surface area contributed by atoms with Gasteiger partial charge in [-0.1, -0.05) is 17.7 Å². The number of fused-ring (bicyclic) bond motifs is 2. The van der Waals surface area contributed by atoms with Crippen LogP contribution in [-0.2, 0) is 4.79 Å². The van der Waals surface area contributed by atoms with E-state index in [1.54, 1.807) is 36.1 Å². The number of benzene rings is 2. The van der Waals surface area contributed by atoms with E-state index in [0.29, 0.717) is 48.6 Å². The number of pyridine rings is 1. The average molecular weight is 444 g/mol. The van der Waals surface area contributed by atoms with Crippen molar-refractivity contribution < 1.29 is 19.1 Å². The molecule has 7 nitrogen and oxygen atoms in total. The molecule has 5 rings (SSSR count). The van der Waals surface area contributed by atoms with Crippen LogP contribution in [-0.4, -0.2) is 46.7 Å². The van der Waals surface area contributed by atoms with Crippen molar-refractivity contribution in [3.63, 3.8) is 0 Å². The second-order valence-electron chi connectivity index (χ2n) is 8.78. The van der Waals surface area contributed by atoms with Gasteiger partial charge in [-0.25, -0.2) is 4.98 Å². The van der Waals surface area contributed by atoms with Crippen molar-refractivity contribution in [2.45, 2.75) is 32.8 Å². The molecular weight excluding hydrogens is 418 g/mol. The summed E-state index contributed by atoms with van der Waals surface area (Å²) in [6.45, 7) is 4.72. The lowest BCUT2D eigenvalue weighted by molar-refractivity contribution is -0.122. The zero-order valence-electron chi connectivity index (χ0n) is 18.6. The monoisotopic (exact) mass is 443 g/mol. The number of hydrogen-bond donors (Lipinski definition) is 1. The summed E-state index contributed by atoms with van der Waals surface area (Å²) in [7, 11) is 0. The van der Waals surface area contributed by atoms with E-state index in [1.165, 1.54) is 0 Å². The molecule has 3 aromatic rings. The van der Waals surface area contributed by atoms with E-state index < -0.39 is 6.10 Å². The molecule has 1 fully saturated rings. The summed E-state index contributed by atoms with van der Waals surface area (Å²) in [6.07, 6.45) is 0.630. The van der Waals surface area contributed by atoms with Gasteiger partial charge in [0, 0.05) is 30.0 Å². The van der Waals surface area contributed by atoms with Crippen LogP contribution in [0.5, 0.6) is 5.75 Å². The Hall–Kier alpha value is -3.74. The highest BCUT2D eigenvalue weighted by Gasteiger charge is 2.30. The minimum Gasteiger partial charge on any atom is -0.479 e. The first-order chi connectivity index (χ1) is 15.9. The molecule has 0 saturated carbocycles. The fourth-order valence-electron chi connectivity index (χ4n) is 4.47. The van der Waals surface area contributed by atoms with Crippen molar-refractivity contribution in [3.8, 4) is 5.75 Å². The van der Waals surface area contributed by atoms with E-state index in [2.05, 4.69) is 10.3 Å². The van der Waals surface area contributed by atoms with E-state index in [1.807, 2.05) is 31.2 Å². The highest BCUT2D eigenvalue weighted by molar-refractivity contribution is 6.02. The number of ketones is 1. The molecule has 2 aromatic carbocycles. The SMILES string of the molecule is Cc1ccc2nc(C(=O)N3CCC(C(=O)c4ccc5c(c4)NC(=O)C(C)O5)CC3)ccc2c1. The van der Waals surface area contributed by atoms with Crippen molar-refractivity contribution in [3.05, 3.63) is 65.4 Å². The lowest BCUT2D eigenvalue weighted by atomic mass is 9.88. The second kappa shape index (κ2) is 8.31. The summed E-state index contributed by atoms with van der Waals surface area (Å²) >= 11 is 0. The summed E-state index contributed by atoms with van der Waals surface area (Å²) in [5.74, 6) is 0.0929. The molecule has 168 valence electrons. The lowest BCUT2D eigenvalue weighted by Crippen LogP contribution is -2.40. The molecule has 1 N–H and O–H groups in total. The van der Waals surface area contributed by atoms with E-state index in [-0.39, 0.29) is 23.5 Å². The molecule has 1 atom stereocenters. The molecule has 0 aliphatic carbocycles. The molecule has 33 heavy (non-hydrogen) atoms. The number of piperidine rings is 1. The highest BCUT2D eigenvalue weighted by Crippen LogP contribution is 2.32. The summed E-state index contributed by atoms with van der Waals surface area (Å²) in [5, 5.41) is 3.80. The number of amides is 2. The quantitative estimate of drug-likeness (QED) is 0.618. The van der Waals surface area contributed by atoms with Gasteiger partial charge in [0.15, 0.2) is 11.9 Å². The lowest BCUT2D eigenvalue weighted by Gasteiger charge is -2.31. The third-order valence-electron chi connectivity index (χ3n) is 6.41. The number of nitrogens with zero attached hydrogens (tertiary/aromatic N) is 2. The fraction of sp³-hybridized carbons (Fsp3) is 0.308. The number of likely N-dealkylation sites (tertiary alicyclic amines) is 1. The first-order valence-corrected chi connectivity index (χ1v) is 11.2. The molecule has 1 saturated heterocycles. The van der Waals surface area contributed by atoms with Crippen LogP contribution in [0.25, 0.3) is 10.9 Å². The van der Waals surface area contributed by atoms with Crippen molar-refractivity contribution in [1.82, 2.24) is 9.88 Å². The van der Waals surface area contributed by atoms with Gasteiger partial charge in [0.2, 0.25) is 0 Å². The first kappa shape index (κ1) is 21.1. The largest absolute Gasteiger partial charge is 0.479 e. The Morgan fingerprint density at radius 1 is 1.06 bits per heavy atom. The van der Waals surface area contributed by atoms with Gasteiger partial charge in [0.25, 0.3) is 11.8 Å². The molecule has 0 radical (unpaired) electrons. The van der Waals surface area contributed by atoms with Crippen LogP contribution in [0, 0.1) is 12.8 Å². The Morgan fingerprint density at radius 2 is 1.85 bits per heavy atom. The highest BCUT2D eigenvalue weighted by atomic mass is 16.5. The minimum atomic E-state index is -0.554. The van der Waals surface area contributed by atoms with Crippen molar-refractivity contribution in [2.24, 2.45) is 5.92 Å². The standard InChI is InChI=1S/C26H25N3O4/c1-15-3-6-20-18(13-15)4-7-21(27-20)26(32)29-11-9-17(10-12-29)24(30)19-5-8-23-22(14-19)28-25(31)16(2)33-23/h3-8,13-14,16-17H,9-12H2,1-2H3,(H,28,31). The maximum atomic E-state index is 13.1. The molecule has 2 amide bonds. The smallest absolute Gasteiger partial charge is 0.272 e. The molecule has 1 unspecified atom stereocenters. The van der Waals surface area contributed by atoms with Gasteiger partial charge >= 0.3 is 0 Å². The van der Waals surface area contributed by atoms with Crippen molar-refractivity contribution in [2.75, 3.05) is 18.4 Å². The molecule has 1 aromatic heterocycles. The second-order valence-corrected chi connectivity index (χ2v) is 8.78. The predicted octanol–water partition coefficient (Wildman–Crippen LogP) is 4.00. The Morgan fingerprint density at radius 3 is 2.64 bits per heavy atom.